The largest absolute Gasteiger partial charge is 0.385 e. The molecule has 0 aliphatic rings. The molecule has 6 rings (SSSR count). The van der Waals surface area contributed by atoms with Crippen molar-refractivity contribution in [1.82, 2.24) is 24.3 Å². The summed E-state index contributed by atoms with van der Waals surface area (Å²) in [5, 5.41) is 6.90. The molecule has 6 aromatic rings. The molecule has 8 nitrogen and oxygen atoms in total. The van der Waals surface area contributed by atoms with Crippen molar-refractivity contribution in [1.29, 1.82) is 0 Å². The molecule has 2 aromatic carbocycles. The van der Waals surface area contributed by atoms with Crippen molar-refractivity contribution in [2.24, 2.45) is 0 Å². The molecule has 0 radical (unpaired) electrons. The zero-order chi connectivity index (χ0) is 26.1. The van der Waals surface area contributed by atoms with E-state index in [2.05, 4.69) is 9.97 Å². The summed E-state index contributed by atoms with van der Waals surface area (Å²) < 4.78 is 9.26. The minimum absolute atomic E-state index is 0.238. The number of nitrogens with zero attached hydrogens (tertiary/aromatic N) is 4. The number of hydrogen-bond donors (Lipinski definition) is 1. The fraction of sp³-hybridized carbons (Fsp3) is 0.133. The fourth-order valence-corrected chi connectivity index (χ4v) is 5.09. The van der Waals surface area contributed by atoms with E-state index in [1.165, 1.54) is 0 Å². The molecule has 0 bridgehead atoms. The number of ketones is 1. The highest BCUT2D eigenvalue weighted by Gasteiger charge is 2.26. The van der Waals surface area contributed by atoms with E-state index in [1.807, 2.05) is 76.1 Å². The number of aromatic nitrogens is 5. The maximum Gasteiger partial charge on any atom is 0.242 e. The van der Waals surface area contributed by atoms with Crippen molar-refractivity contribution in [2.75, 3.05) is 13.7 Å². The number of aromatic amines is 1. The Bertz CT molecular complexity index is 1780. The first kappa shape index (κ1) is 23.6. The van der Waals surface area contributed by atoms with Gasteiger partial charge in [-0.2, -0.15) is 5.10 Å². The van der Waals surface area contributed by atoms with E-state index in [9.17, 15) is 9.59 Å². The van der Waals surface area contributed by atoms with Crippen LogP contribution in [-0.2, 0) is 16.1 Å². The van der Waals surface area contributed by atoms with E-state index in [0.29, 0.717) is 25.0 Å². The molecule has 0 aliphatic heterocycles. The molecule has 4 aromatic heterocycles. The van der Waals surface area contributed by atoms with Gasteiger partial charge in [0.1, 0.15) is 5.69 Å². The standard InChI is InChI=1S/C30H25N5O3/c1-38-15-7-14-35-26-12-5-3-10-22(26)29(33-35)23-17-32-30(27(37)19-36)28(23)24-18-34(20-8-6-13-31-16-20)25-11-4-2-9-21(24)25/h2-6,8-13,16-19,32H,7,14-15H2,1H3. The number of Topliss-reactive ketones (excluding diaryl/α,β-unsaturated/α-hetero) is 1. The summed E-state index contributed by atoms with van der Waals surface area (Å²) in [6.45, 7) is 1.32. The maximum atomic E-state index is 12.9. The summed E-state index contributed by atoms with van der Waals surface area (Å²) in [4.78, 5) is 31.9. The smallest absolute Gasteiger partial charge is 0.242 e. The molecule has 38 heavy (non-hydrogen) atoms. The van der Waals surface area contributed by atoms with E-state index < -0.39 is 5.78 Å². The minimum Gasteiger partial charge on any atom is -0.385 e. The van der Waals surface area contributed by atoms with Gasteiger partial charge < -0.3 is 14.3 Å². The summed E-state index contributed by atoms with van der Waals surface area (Å²) >= 11 is 0. The lowest BCUT2D eigenvalue weighted by molar-refractivity contribution is -0.104. The minimum atomic E-state index is -0.617. The third kappa shape index (κ3) is 3.91. The zero-order valence-electron chi connectivity index (χ0n) is 20.8. The quantitative estimate of drug-likeness (QED) is 0.122. The van der Waals surface area contributed by atoms with Crippen LogP contribution in [0.5, 0.6) is 0 Å². The van der Waals surface area contributed by atoms with Crippen molar-refractivity contribution >= 4 is 33.9 Å². The number of aryl methyl sites for hydroxylation is 1. The molecule has 0 fully saturated rings. The Balaban J connectivity index is 1.62. The number of fused-ring (bicyclic) bond motifs is 2. The molecule has 0 spiro atoms. The molecule has 0 aliphatic carbocycles. The maximum absolute atomic E-state index is 12.9. The van der Waals surface area contributed by atoms with Crippen molar-refractivity contribution < 1.29 is 14.3 Å². The monoisotopic (exact) mass is 503 g/mol. The van der Waals surface area contributed by atoms with E-state index in [-0.39, 0.29) is 5.69 Å². The van der Waals surface area contributed by atoms with Crippen LogP contribution in [0.2, 0.25) is 0 Å². The van der Waals surface area contributed by atoms with E-state index >= 15 is 0 Å². The van der Waals surface area contributed by atoms with Crippen LogP contribution in [-0.4, -0.2) is 50.1 Å². The highest BCUT2D eigenvalue weighted by molar-refractivity contribution is 6.35. The lowest BCUT2D eigenvalue weighted by Crippen LogP contribution is -2.03. The second-order valence-electron chi connectivity index (χ2n) is 9.01. The number of pyridine rings is 1. The van der Waals surface area contributed by atoms with Crippen LogP contribution >= 0.6 is 0 Å². The summed E-state index contributed by atoms with van der Waals surface area (Å²) in [6, 6.07) is 19.9. The van der Waals surface area contributed by atoms with Gasteiger partial charge in [0.2, 0.25) is 5.78 Å². The summed E-state index contributed by atoms with van der Waals surface area (Å²) in [6.07, 6.45) is 8.45. The molecule has 0 amide bonds. The van der Waals surface area contributed by atoms with Crippen LogP contribution in [0.15, 0.2) is 85.5 Å². The third-order valence-electron chi connectivity index (χ3n) is 6.77. The van der Waals surface area contributed by atoms with Crippen LogP contribution in [0.3, 0.4) is 0 Å². The average molecular weight is 504 g/mol. The molecule has 4 heterocycles. The van der Waals surface area contributed by atoms with Crippen LogP contribution in [0.1, 0.15) is 16.9 Å². The first-order valence-electron chi connectivity index (χ1n) is 12.4. The first-order chi connectivity index (χ1) is 18.7. The Morgan fingerprint density at radius 2 is 1.79 bits per heavy atom. The van der Waals surface area contributed by atoms with Crippen LogP contribution in [0.25, 0.3) is 49.9 Å². The van der Waals surface area contributed by atoms with Gasteiger partial charge in [0, 0.05) is 66.3 Å². The number of para-hydroxylation sites is 2. The number of aldehydes is 1. The van der Waals surface area contributed by atoms with E-state index in [0.717, 1.165) is 50.7 Å². The first-order valence-corrected chi connectivity index (χ1v) is 12.4. The second kappa shape index (κ2) is 9.91. The number of carbonyl (C=O) groups excluding carboxylic acids is 2. The van der Waals surface area contributed by atoms with Crippen molar-refractivity contribution in [3.05, 3.63) is 91.1 Å². The molecular formula is C30H25N5O3. The Morgan fingerprint density at radius 3 is 2.55 bits per heavy atom. The molecule has 0 saturated carbocycles. The topological polar surface area (TPSA) is 94.8 Å². The molecule has 1 N–H and O–H groups in total. The lowest BCUT2D eigenvalue weighted by atomic mass is 9.96. The van der Waals surface area contributed by atoms with Gasteiger partial charge in [0.05, 0.1) is 28.6 Å². The summed E-state index contributed by atoms with van der Waals surface area (Å²) in [7, 11) is 1.69. The van der Waals surface area contributed by atoms with Crippen LogP contribution < -0.4 is 0 Å². The van der Waals surface area contributed by atoms with Crippen molar-refractivity contribution in [3.63, 3.8) is 0 Å². The zero-order valence-corrected chi connectivity index (χ0v) is 20.8. The van der Waals surface area contributed by atoms with Crippen LogP contribution in [0.4, 0.5) is 0 Å². The second-order valence-corrected chi connectivity index (χ2v) is 9.01. The number of nitrogens with one attached hydrogen (secondary N) is 1. The predicted molar refractivity (Wildman–Crippen MR) is 146 cm³/mol. The average Bonchev–Trinajstić information content (AvgIpc) is 3.67. The SMILES string of the molecule is COCCCn1nc(-c2c[nH]c(C(=O)C=O)c2-c2cn(-c3cccnc3)c3ccccc23)c2ccccc21. The molecule has 8 heteroatoms. The molecule has 0 atom stereocenters. The number of H-pyrrole nitrogens is 1. The normalized spacial score (nSPS) is 11.4. The Morgan fingerprint density at radius 1 is 1.00 bits per heavy atom. The Kier molecular flexibility index (Phi) is 6.15. The van der Waals surface area contributed by atoms with Gasteiger partial charge in [0.15, 0.2) is 6.29 Å². The molecule has 0 unspecified atom stereocenters. The highest BCUT2D eigenvalue weighted by Crippen LogP contribution is 2.42. The van der Waals surface area contributed by atoms with Gasteiger partial charge >= 0.3 is 0 Å². The molecule has 0 saturated heterocycles. The van der Waals surface area contributed by atoms with Crippen LogP contribution in [0, 0.1) is 0 Å². The number of rotatable bonds is 9. The van der Waals surface area contributed by atoms with Gasteiger partial charge in [0.25, 0.3) is 0 Å². The predicted octanol–water partition coefficient (Wildman–Crippen LogP) is 5.46. The highest BCUT2D eigenvalue weighted by atomic mass is 16.5. The molecular weight excluding hydrogens is 478 g/mol. The Hall–Kier alpha value is -4.82. The Labute approximate surface area is 218 Å². The summed E-state index contributed by atoms with van der Waals surface area (Å²) in [5.74, 6) is -0.617. The summed E-state index contributed by atoms with van der Waals surface area (Å²) in [5.41, 5.74) is 6.05. The number of ether oxygens (including phenoxy) is 1. The lowest BCUT2D eigenvalue weighted by Gasteiger charge is -2.05. The molecule has 188 valence electrons. The third-order valence-corrected chi connectivity index (χ3v) is 6.77. The fourth-order valence-electron chi connectivity index (χ4n) is 5.09. The number of carbonyl (C=O) groups is 2. The van der Waals surface area contributed by atoms with Gasteiger partial charge in [-0.05, 0) is 30.7 Å². The number of hydrogen-bond acceptors (Lipinski definition) is 5. The van der Waals surface area contributed by atoms with Gasteiger partial charge in [-0.3, -0.25) is 19.3 Å². The van der Waals surface area contributed by atoms with Gasteiger partial charge in [-0.25, -0.2) is 0 Å². The van der Waals surface area contributed by atoms with E-state index in [1.54, 1.807) is 25.7 Å². The number of methoxy groups -OCH3 is 1. The van der Waals surface area contributed by atoms with Gasteiger partial charge in [-0.15, -0.1) is 0 Å². The van der Waals surface area contributed by atoms with Crippen molar-refractivity contribution in [2.45, 2.75) is 13.0 Å². The van der Waals surface area contributed by atoms with Crippen molar-refractivity contribution in [3.8, 4) is 28.1 Å². The van der Waals surface area contributed by atoms with Gasteiger partial charge in [-0.1, -0.05) is 36.4 Å². The number of benzene rings is 2. The van der Waals surface area contributed by atoms with E-state index in [4.69, 9.17) is 9.84 Å².